The van der Waals surface area contributed by atoms with E-state index in [9.17, 15) is 0 Å². The second-order valence-electron chi connectivity index (χ2n) is 10.4. The molecule has 0 aliphatic rings. The van der Waals surface area contributed by atoms with Gasteiger partial charge < -0.3 is 4.98 Å². The molecule has 5 aromatic carbocycles. The van der Waals surface area contributed by atoms with E-state index < -0.39 is 0 Å². The maximum absolute atomic E-state index is 5.21. The Kier molecular flexibility index (Phi) is 4.80. The first kappa shape index (κ1) is 22.9. The van der Waals surface area contributed by atoms with Gasteiger partial charge in [-0.15, -0.1) is 0 Å². The van der Waals surface area contributed by atoms with Crippen molar-refractivity contribution < 1.29 is 0 Å². The molecule has 4 heterocycles. The maximum atomic E-state index is 5.21. The second kappa shape index (κ2) is 8.81. The van der Waals surface area contributed by atoms with Crippen LogP contribution in [0, 0.1) is 0 Å². The Morgan fingerprint density at radius 2 is 1.24 bits per heavy atom. The highest BCUT2D eigenvalue weighted by Gasteiger charge is 2.21. The Hall–Kier alpha value is -5.88. The lowest BCUT2D eigenvalue weighted by molar-refractivity contribution is 1.00. The van der Waals surface area contributed by atoms with Crippen molar-refractivity contribution in [1.29, 1.82) is 0 Å². The molecular formula is C36H22N6. The fourth-order valence-corrected chi connectivity index (χ4v) is 6.12. The molecule has 196 valence electrons. The minimum atomic E-state index is 0.551. The predicted octanol–water partition coefficient (Wildman–Crippen LogP) is 8.49. The van der Waals surface area contributed by atoms with Gasteiger partial charge in [-0.05, 0) is 12.1 Å². The Morgan fingerprint density at radius 3 is 2.07 bits per heavy atom. The van der Waals surface area contributed by atoms with Gasteiger partial charge in [-0.2, -0.15) is 4.98 Å². The number of aromatic amines is 1. The Morgan fingerprint density at radius 1 is 0.548 bits per heavy atom. The maximum Gasteiger partial charge on any atom is 0.237 e. The zero-order valence-electron chi connectivity index (χ0n) is 22.4. The van der Waals surface area contributed by atoms with E-state index in [1.165, 1.54) is 5.39 Å². The molecule has 0 atom stereocenters. The third-order valence-corrected chi connectivity index (χ3v) is 8.03. The molecule has 6 nitrogen and oxygen atoms in total. The van der Waals surface area contributed by atoms with E-state index in [0.29, 0.717) is 17.1 Å². The number of H-pyrrole nitrogens is 1. The Balaban J connectivity index is 1.43. The van der Waals surface area contributed by atoms with Gasteiger partial charge in [0.15, 0.2) is 5.65 Å². The molecule has 0 fully saturated rings. The summed E-state index contributed by atoms with van der Waals surface area (Å²) < 4.78 is 2.17. The van der Waals surface area contributed by atoms with Gasteiger partial charge in [0.25, 0.3) is 0 Å². The van der Waals surface area contributed by atoms with Crippen LogP contribution in [-0.2, 0) is 0 Å². The minimum Gasteiger partial charge on any atom is -0.353 e. The summed E-state index contributed by atoms with van der Waals surface area (Å²) in [5, 5.41) is 4.63. The summed E-state index contributed by atoms with van der Waals surface area (Å²) in [5.41, 5.74) is 8.91. The molecule has 9 aromatic rings. The topological polar surface area (TPSA) is 72.3 Å². The van der Waals surface area contributed by atoms with Crippen molar-refractivity contribution in [3.8, 4) is 28.5 Å². The lowest BCUT2D eigenvalue weighted by Gasteiger charge is -2.12. The molecule has 0 saturated heterocycles. The zero-order chi connectivity index (χ0) is 27.6. The molecule has 42 heavy (non-hydrogen) atoms. The lowest BCUT2D eigenvalue weighted by atomic mass is 10.1. The van der Waals surface area contributed by atoms with Gasteiger partial charge in [-0.25, -0.2) is 15.0 Å². The van der Waals surface area contributed by atoms with Crippen LogP contribution in [0.3, 0.4) is 0 Å². The number of aromatic nitrogens is 6. The van der Waals surface area contributed by atoms with Crippen LogP contribution in [0.25, 0.3) is 83.2 Å². The predicted molar refractivity (Wildman–Crippen MR) is 170 cm³/mol. The molecule has 0 amide bonds. The number of hydrogen-bond acceptors (Lipinski definition) is 4. The van der Waals surface area contributed by atoms with Gasteiger partial charge in [0.05, 0.1) is 28.4 Å². The number of nitrogens with zero attached hydrogens (tertiary/aromatic N) is 5. The van der Waals surface area contributed by atoms with Crippen molar-refractivity contribution in [3.63, 3.8) is 0 Å². The molecule has 0 bridgehead atoms. The van der Waals surface area contributed by atoms with Crippen LogP contribution in [0.5, 0.6) is 0 Å². The fraction of sp³-hybridized carbons (Fsp3) is 0. The van der Waals surface area contributed by atoms with E-state index in [4.69, 9.17) is 19.9 Å². The minimum absolute atomic E-state index is 0.551. The first-order valence-electron chi connectivity index (χ1n) is 13.9. The van der Waals surface area contributed by atoms with E-state index in [0.717, 1.165) is 60.7 Å². The normalized spacial score (nSPS) is 11.8. The van der Waals surface area contributed by atoms with Crippen LogP contribution in [0.2, 0.25) is 0 Å². The van der Waals surface area contributed by atoms with E-state index >= 15 is 0 Å². The monoisotopic (exact) mass is 538 g/mol. The smallest absolute Gasteiger partial charge is 0.237 e. The van der Waals surface area contributed by atoms with Crippen LogP contribution in [-0.4, -0.2) is 29.5 Å². The van der Waals surface area contributed by atoms with Gasteiger partial charge in [-0.3, -0.25) is 4.57 Å². The van der Waals surface area contributed by atoms with Crippen LogP contribution in [0.4, 0.5) is 0 Å². The molecule has 9 rings (SSSR count). The van der Waals surface area contributed by atoms with Crippen molar-refractivity contribution in [2.75, 3.05) is 0 Å². The van der Waals surface area contributed by atoms with Gasteiger partial charge in [0.2, 0.25) is 5.95 Å². The van der Waals surface area contributed by atoms with Crippen molar-refractivity contribution >= 4 is 54.8 Å². The Labute approximate surface area is 240 Å². The Bertz CT molecular complexity index is 2460. The number of benzene rings is 5. The number of para-hydroxylation sites is 2. The third-order valence-electron chi connectivity index (χ3n) is 8.03. The molecule has 4 aromatic heterocycles. The fourth-order valence-electron chi connectivity index (χ4n) is 6.12. The largest absolute Gasteiger partial charge is 0.353 e. The van der Waals surface area contributed by atoms with Gasteiger partial charge in [0, 0.05) is 38.2 Å². The average molecular weight is 539 g/mol. The van der Waals surface area contributed by atoms with E-state index in [2.05, 4.69) is 82.3 Å². The highest BCUT2D eigenvalue weighted by atomic mass is 15.2. The van der Waals surface area contributed by atoms with Crippen molar-refractivity contribution in [2.45, 2.75) is 0 Å². The second-order valence-corrected chi connectivity index (χ2v) is 10.4. The average Bonchev–Trinajstić information content (AvgIpc) is 3.61. The number of nitrogens with one attached hydrogen (secondary N) is 1. The molecule has 0 unspecified atom stereocenters. The third kappa shape index (κ3) is 3.32. The SMILES string of the molecule is c1ccc(-c2cnc3c(-c4ccccc4)nc(-n4c5ccccc5c5ccc6c7ccccc7[nH]c6c54)nc3n2)cc1. The molecule has 1 N–H and O–H groups in total. The summed E-state index contributed by atoms with van der Waals surface area (Å²) in [7, 11) is 0. The summed E-state index contributed by atoms with van der Waals surface area (Å²) in [6, 6.07) is 41.5. The first-order valence-corrected chi connectivity index (χ1v) is 13.9. The number of rotatable bonds is 3. The summed E-state index contributed by atoms with van der Waals surface area (Å²) in [6.45, 7) is 0. The van der Waals surface area contributed by atoms with Crippen LogP contribution < -0.4 is 0 Å². The van der Waals surface area contributed by atoms with E-state index in [-0.39, 0.29) is 0 Å². The lowest BCUT2D eigenvalue weighted by Crippen LogP contribution is -2.06. The van der Waals surface area contributed by atoms with Crippen molar-refractivity contribution in [1.82, 2.24) is 29.5 Å². The van der Waals surface area contributed by atoms with E-state index in [1.54, 1.807) is 0 Å². The van der Waals surface area contributed by atoms with Gasteiger partial charge in [0.1, 0.15) is 11.2 Å². The van der Waals surface area contributed by atoms with E-state index in [1.807, 2.05) is 54.7 Å². The van der Waals surface area contributed by atoms with Gasteiger partial charge in [-0.1, -0.05) is 109 Å². The van der Waals surface area contributed by atoms with Crippen molar-refractivity contribution in [2.24, 2.45) is 0 Å². The number of hydrogen-bond donors (Lipinski definition) is 1. The van der Waals surface area contributed by atoms with Crippen molar-refractivity contribution in [3.05, 3.63) is 128 Å². The van der Waals surface area contributed by atoms with Gasteiger partial charge >= 0.3 is 0 Å². The summed E-state index contributed by atoms with van der Waals surface area (Å²) in [4.78, 5) is 23.9. The summed E-state index contributed by atoms with van der Waals surface area (Å²) >= 11 is 0. The highest BCUT2D eigenvalue weighted by molar-refractivity contribution is 6.22. The summed E-state index contributed by atoms with van der Waals surface area (Å²) in [6.07, 6.45) is 1.81. The molecule has 0 radical (unpaired) electrons. The van der Waals surface area contributed by atoms with Crippen LogP contribution in [0.1, 0.15) is 0 Å². The molecule has 0 saturated carbocycles. The molecule has 0 aliphatic heterocycles. The zero-order valence-corrected chi connectivity index (χ0v) is 22.4. The highest BCUT2D eigenvalue weighted by Crippen LogP contribution is 2.38. The molecule has 0 aliphatic carbocycles. The molecule has 0 spiro atoms. The molecule has 6 heteroatoms. The summed E-state index contributed by atoms with van der Waals surface area (Å²) in [5.74, 6) is 0.554. The molecular weight excluding hydrogens is 516 g/mol. The van der Waals surface area contributed by atoms with Crippen LogP contribution in [0.15, 0.2) is 128 Å². The standard InChI is InChI=1S/C36H22N6/c1-3-11-22(12-4-1)29-21-37-33-31(23-13-5-2-6-14-23)40-36(41-35(33)39-29)42-30-18-10-8-16-25(30)27-20-19-26-24-15-7-9-17-28(24)38-32(26)34(27)42/h1-21,38H. The quantitative estimate of drug-likeness (QED) is 0.245. The number of fused-ring (bicyclic) bond motifs is 8. The first-order chi connectivity index (χ1) is 20.8. The van der Waals surface area contributed by atoms with Crippen LogP contribution >= 0.6 is 0 Å².